The maximum Gasteiger partial charge on any atom is 0.341 e. The third-order valence-corrected chi connectivity index (χ3v) is 5.31. The molecule has 3 rings (SSSR count). The first-order valence-corrected chi connectivity index (χ1v) is 8.96. The summed E-state index contributed by atoms with van der Waals surface area (Å²) in [4.78, 5) is 24.6. The minimum Gasteiger partial charge on any atom is -0.465 e. The number of carbonyl (C=O) groups is 2. The van der Waals surface area contributed by atoms with E-state index < -0.39 is 42.1 Å². The highest BCUT2D eigenvalue weighted by molar-refractivity contribution is 5.93. The molecule has 1 aromatic rings. The molecule has 0 saturated carbocycles. The number of hydrogen-bond acceptors (Lipinski definition) is 7. The van der Waals surface area contributed by atoms with Crippen molar-refractivity contribution in [2.75, 3.05) is 7.11 Å². The van der Waals surface area contributed by atoms with Crippen LogP contribution in [-0.2, 0) is 20.7 Å². The summed E-state index contributed by atoms with van der Waals surface area (Å²) in [6, 6.07) is 1.52. The second-order valence-corrected chi connectivity index (χ2v) is 7.39. The molecule has 0 spiro atoms. The topological polar surface area (TPSA) is 106 Å². The van der Waals surface area contributed by atoms with Crippen LogP contribution in [0, 0.1) is 5.92 Å². The van der Waals surface area contributed by atoms with Crippen LogP contribution in [0.5, 0.6) is 0 Å². The Balaban J connectivity index is 2.24. The third kappa shape index (κ3) is 3.31. The van der Waals surface area contributed by atoms with Crippen molar-refractivity contribution in [1.82, 2.24) is 0 Å². The summed E-state index contributed by atoms with van der Waals surface area (Å²) in [7, 11) is 1.26. The first kappa shape index (κ1) is 20.1. The Bertz CT molecular complexity index is 875. The van der Waals surface area contributed by atoms with Crippen LogP contribution in [0.2, 0.25) is 0 Å². The molecule has 7 heteroatoms. The highest BCUT2D eigenvalue weighted by atomic mass is 16.6. The van der Waals surface area contributed by atoms with Gasteiger partial charge in [-0.15, -0.1) is 0 Å². The van der Waals surface area contributed by atoms with Gasteiger partial charge in [0.25, 0.3) is 0 Å². The number of aliphatic hydroxyl groups is 2. The number of hydrogen-bond donors (Lipinski definition) is 2. The maximum absolute atomic E-state index is 12.3. The SMILES string of the molecule is C=C(C)C1c2cc(C(=O)OC)c(o2)C[C@H](C(=C)C)[C@@H](O)/C=C2\C(=O)O[C@@H]1[C@@H]2O. The standard InChI is InChI=1S/C21H24O7/c1-9(2)11-7-15-12(20(24)26-5)8-16(27-15)17(10(3)4)19-18(23)13(6-14(11)22)21(25)28-19/h6,8,11,14,17-19,22-23H,1,3,7H2,2,4-5H3/b13-6-/t11-,14+,17?,18-,19+/m1/s1. The van der Waals surface area contributed by atoms with Crippen LogP contribution in [0.25, 0.3) is 0 Å². The van der Waals surface area contributed by atoms with E-state index in [0.717, 1.165) is 0 Å². The molecule has 0 amide bonds. The quantitative estimate of drug-likeness (QED) is 0.603. The van der Waals surface area contributed by atoms with Gasteiger partial charge in [-0.2, -0.15) is 0 Å². The minimum absolute atomic E-state index is 0.00413. The van der Waals surface area contributed by atoms with Crippen molar-refractivity contribution in [2.24, 2.45) is 5.92 Å². The molecule has 7 nitrogen and oxygen atoms in total. The van der Waals surface area contributed by atoms with Crippen LogP contribution < -0.4 is 0 Å². The molecular formula is C21H24O7. The van der Waals surface area contributed by atoms with Gasteiger partial charge in [-0.25, -0.2) is 9.59 Å². The highest BCUT2D eigenvalue weighted by Gasteiger charge is 2.46. The lowest BCUT2D eigenvalue weighted by Gasteiger charge is -2.23. The Morgan fingerprint density at radius 1 is 1.25 bits per heavy atom. The molecular weight excluding hydrogens is 364 g/mol. The lowest BCUT2D eigenvalue weighted by atomic mass is 9.85. The molecule has 28 heavy (non-hydrogen) atoms. The van der Waals surface area contributed by atoms with Crippen molar-refractivity contribution in [3.63, 3.8) is 0 Å². The van der Waals surface area contributed by atoms with Crippen molar-refractivity contribution >= 4 is 11.9 Å². The number of methoxy groups -OCH3 is 1. The monoisotopic (exact) mass is 388 g/mol. The van der Waals surface area contributed by atoms with E-state index in [4.69, 9.17) is 13.9 Å². The minimum atomic E-state index is -1.28. The zero-order valence-corrected chi connectivity index (χ0v) is 16.1. The maximum atomic E-state index is 12.3. The van der Waals surface area contributed by atoms with Gasteiger partial charge in [-0.05, 0) is 26.0 Å². The van der Waals surface area contributed by atoms with Crippen LogP contribution in [0.3, 0.4) is 0 Å². The van der Waals surface area contributed by atoms with Crippen molar-refractivity contribution in [3.05, 3.63) is 59.1 Å². The first-order chi connectivity index (χ1) is 13.1. The van der Waals surface area contributed by atoms with Crippen LogP contribution in [0.4, 0.5) is 0 Å². The fourth-order valence-electron chi connectivity index (χ4n) is 3.78. The molecule has 150 valence electrons. The van der Waals surface area contributed by atoms with E-state index in [2.05, 4.69) is 13.2 Å². The average molecular weight is 388 g/mol. The predicted molar refractivity (Wildman–Crippen MR) is 99.6 cm³/mol. The van der Waals surface area contributed by atoms with E-state index in [0.29, 0.717) is 22.7 Å². The Hall–Kier alpha value is -2.64. The molecule has 2 aliphatic heterocycles. The van der Waals surface area contributed by atoms with Gasteiger partial charge in [0.05, 0.1) is 24.7 Å². The molecule has 2 aliphatic rings. The van der Waals surface area contributed by atoms with Crippen LogP contribution >= 0.6 is 0 Å². The number of esters is 2. The third-order valence-electron chi connectivity index (χ3n) is 5.31. The van der Waals surface area contributed by atoms with Gasteiger partial charge >= 0.3 is 11.9 Å². The second kappa shape index (κ2) is 7.41. The summed E-state index contributed by atoms with van der Waals surface area (Å²) in [5.41, 5.74) is 1.43. The van der Waals surface area contributed by atoms with Crippen LogP contribution in [-0.4, -0.2) is 47.6 Å². The van der Waals surface area contributed by atoms with Crippen molar-refractivity contribution < 1.29 is 33.7 Å². The Labute approximate surface area is 162 Å². The summed E-state index contributed by atoms with van der Waals surface area (Å²) < 4.78 is 16.2. The average Bonchev–Trinajstić information content (AvgIpc) is 3.14. The molecule has 3 heterocycles. The summed E-state index contributed by atoms with van der Waals surface area (Å²) in [5.74, 6) is -1.84. The zero-order chi connectivity index (χ0) is 20.7. The molecule has 5 atom stereocenters. The summed E-state index contributed by atoms with van der Waals surface area (Å²) in [6.45, 7) is 11.3. The van der Waals surface area contributed by atoms with Gasteiger partial charge in [0.1, 0.15) is 29.3 Å². The van der Waals surface area contributed by atoms with Gasteiger partial charge in [-0.1, -0.05) is 24.3 Å². The molecule has 1 fully saturated rings. The summed E-state index contributed by atoms with van der Waals surface area (Å²) >= 11 is 0. The number of ether oxygens (including phenoxy) is 2. The van der Waals surface area contributed by atoms with Gasteiger partial charge in [0, 0.05) is 12.3 Å². The zero-order valence-electron chi connectivity index (χ0n) is 16.1. The Kier molecular flexibility index (Phi) is 5.32. The van der Waals surface area contributed by atoms with E-state index in [-0.39, 0.29) is 17.6 Å². The molecule has 2 N–H and O–H groups in total. The van der Waals surface area contributed by atoms with E-state index in [1.165, 1.54) is 19.3 Å². The summed E-state index contributed by atoms with van der Waals surface area (Å²) in [6.07, 6.45) is -1.91. The summed E-state index contributed by atoms with van der Waals surface area (Å²) in [5, 5.41) is 21.4. The fraction of sp³-hybridized carbons (Fsp3) is 0.429. The van der Waals surface area contributed by atoms with Crippen molar-refractivity contribution in [3.8, 4) is 0 Å². The van der Waals surface area contributed by atoms with E-state index in [1.54, 1.807) is 13.8 Å². The lowest BCUT2D eigenvalue weighted by molar-refractivity contribution is -0.140. The van der Waals surface area contributed by atoms with E-state index in [9.17, 15) is 19.8 Å². The second-order valence-electron chi connectivity index (χ2n) is 7.39. The molecule has 0 aromatic carbocycles. The van der Waals surface area contributed by atoms with Crippen LogP contribution in [0.1, 0.15) is 41.6 Å². The number of fused-ring (bicyclic) bond motifs is 4. The number of aliphatic hydroxyl groups excluding tert-OH is 2. The Morgan fingerprint density at radius 3 is 2.50 bits per heavy atom. The first-order valence-electron chi connectivity index (χ1n) is 8.96. The van der Waals surface area contributed by atoms with Gasteiger partial charge in [0.2, 0.25) is 0 Å². The molecule has 1 saturated heterocycles. The van der Waals surface area contributed by atoms with Crippen molar-refractivity contribution in [2.45, 2.75) is 44.5 Å². The van der Waals surface area contributed by atoms with E-state index in [1.807, 2.05) is 0 Å². The van der Waals surface area contributed by atoms with Gasteiger partial charge in [0.15, 0.2) is 0 Å². The van der Waals surface area contributed by atoms with Crippen molar-refractivity contribution in [1.29, 1.82) is 0 Å². The number of rotatable bonds is 3. The Morgan fingerprint density at radius 2 is 1.93 bits per heavy atom. The lowest BCUT2D eigenvalue weighted by Crippen LogP contribution is -2.30. The molecule has 4 bridgehead atoms. The van der Waals surface area contributed by atoms with Gasteiger partial charge < -0.3 is 24.1 Å². The normalized spacial score (nSPS) is 31.2. The molecule has 0 radical (unpaired) electrons. The fourth-order valence-corrected chi connectivity index (χ4v) is 3.78. The largest absolute Gasteiger partial charge is 0.465 e. The molecule has 1 aromatic heterocycles. The highest BCUT2D eigenvalue weighted by Crippen LogP contribution is 2.40. The van der Waals surface area contributed by atoms with E-state index >= 15 is 0 Å². The van der Waals surface area contributed by atoms with Crippen LogP contribution in [0.15, 0.2) is 46.4 Å². The van der Waals surface area contributed by atoms with Gasteiger partial charge in [-0.3, -0.25) is 0 Å². The smallest absolute Gasteiger partial charge is 0.341 e. The number of furan rings is 1. The molecule has 1 unspecified atom stereocenters. The molecule has 0 aliphatic carbocycles. The number of carbonyl (C=O) groups excluding carboxylic acids is 2. The predicted octanol–water partition coefficient (Wildman–Crippen LogP) is 2.05.